The van der Waals surface area contributed by atoms with Gasteiger partial charge in [-0.2, -0.15) is 0 Å². The molecule has 2 heteroatoms. The molecule has 1 nitrogen and oxygen atoms in total. The molecule has 1 saturated heterocycles. The van der Waals surface area contributed by atoms with E-state index < -0.39 is 0 Å². The zero-order valence-electron chi connectivity index (χ0n) is 13.6. The van der Waals surface area contributed by atoms with Gasteiger partial charge in [-0.25, -0.2) is 0 Å². The van der Waals surface area contributed by atoms with Gasteiger partial charge in [-0.05, 0) is 86.2 Å². The highest BCUT2D eigenvalue weighted by molar-refractivity contribution is 6.30. The Morgan fingerprint density at radius 1 is 1.05 bits per heavy atom. The van der Waals surface area contributed by atoms with Crippen LogP contribution < -0.4 is 0 Å². The number of benzene rings is 1. The minimum absolute atomic E-state index is 0.448. The van der Waals surface area contributed by atoms with Gasteiger partial charge in [0.15, 0.2) is 0 Å². The fraction of sp³-hybridized carbons (Fsp3) is 0.700. The summed E-state index contributed by atoms with van der Waals surface area (Å²) in [5, 5.41) is 0.921. The topological polar surface area (TPSA) is 3.24 Å². The molecular formula is C20H28ClN. The van der Waals surface area contributed by atoms with Crippen LogP contribution in [0.25, 0.3) is 0 Å². The second-order valence-corrected chi connectivity index (χ2v) is 8.32. The van der Waals surface area contributed by atoms with Crippen LogP contribution in [0.1, 0.15) is 62.5 Å². The van der Waals surface area contributed by atoms with Crippen LogP contribution in [0.4, 0.5) is 0 Å². The minimum atomic E-state index is 0.448. The van der Waals surface area contributed by atoms with E-state index in [4.69, 9.17) is 11.6 Å². The lowest BCUT2D eigenvalue weighted by atomic mass is 9.73. The fourth-order valence-electron chi connectivity index (χ4n) is 5.19. The Labute approximate surface area is 140 Å². The molecule has 1 aromatic carbocycles. The fourth-order valence-corrected chi connectivity index (χ4v) is 5.36. The highest BCUT2D eigenvalue weighted by Crippen LogP contribution is 2.47. The second-order valence-electron chi connectivity index (χ2n) is 7.89. The number of rotatable bonds is 2. The van der Waals surface area contributed by atoms with Crippen molar-refractivity contribution in [3.8, 4) is 0 Å². The average Bonchev–Trinajstić information content (AvgIpc) is 2.89. The van der Waals surface area contributed by atoms with Crippen molar-refractivity contribution in [1.29, 1.82) is 0 Å². The lowest BCUT2D eigenvalue weighted by molar-refractivity contribution is 0.128. The SMILES string of the molecule is Clc1ccc2c(c1)C1(CC2)CCN(CC2CCCCC2)CC1. The van der Waals surface area contributed by atoms with Crippen molar-refractivity contribution >= 4 is 11.6 Å². The Morgan fingerprint density at radius 3 is 2.59 bits per heavy atom. The van der Waals surface area contributed by atoms with E-state index in [1.54, 1.807) is 11.1 Å². The van der Waals surface area contributed by atoms with E-state index in [0.717, 1.165) is 10.9 Å². The average molecular weight is 318 g/mol. The monoisotopic (exact) mass is 317 g/mol. The maximum atomic E-state index is 6.27. The smallest absolute Gasteiger partial charge is 0.0409 e. The zero-order valence-corrected chi connectivity index (χ0v) is 14.4. The number of hydrogen-bond acceptors (Lipinski definition) is 1. The summed E-state index contributed by atoms with van der Waals surface area (Å²) >= 11 is 6.27. The number of aryl methyl sites for hydroxylation is 1. The van der Waals surface area contributed by atoms with Crippen LogP contribution in [0.3, 0.4) is 0 Å². The summed E-state index contributed by atoms with van der Waals surface area (Å²) in [5.41, 5.74) is 3.59. The van der Waals surface area contributed by atoms with Crippen LogP contribution in [0.15, 0.2) is 18.2 Å². The summed E-state index contributed by atoms with van der Waals surface area (Å²) in [5.74, 6) is 0.980. The van der Waals surface area contributed by atoms with Crippen molar-refractivity contribution in [1.82, 2.24) is 4.90 Å². The van der Waals surface area contributed by atoms with Crippen molar-refractivity contribution in [2.45, 2.75) is 63.2 Å². The summed E-state index contributed by atoms with van der Waals surface area (Å²) in [6, 6.07) is 6.60. The van der Waals surface area contributed by atoms with Gasteiger partial charge in [0, 0.05) is 11.6 Å². The summed E-state index contributed by atoms with van der Waals surface area (Å²) in [6.07, 6.45) is 12.6. The Balaban J connectivity index is 1.41. The van der Waals surface area contributed by atoms with E-state index in [9.17, 15) is 0 Å². The minimum Gasteiger partial charge on any atom is -0.303 e. The quantitative estimate of drug-likeness (QED) is 0.724. The van der Waals surface area contributed by atoms with Crippen LogP contribution in [0, 0.1) is 5.92 Å². The number of fused-ring (bicyclic) bond motifs is 2. The van der Waals surface area contributed by atoms with E-state index in [1.807, 2.05) is 0 Å². The van der Waals surface area contributed by atoms with Gasteiger partial charge in [0.25, 0.3) is 0 Å². The molecule has 22 heavy (non-hydrogen) atoms. The predicted octanol–water partition coefficient (Wildman–Crippen LogP) is 5.20. The van der Waals surface area contributed by atoms with Gasteiger partial charge < -0.3 is 4.90 Å². The highest BCUT2D eigenvalue weighted by Gasteiger charge is 2.41. The van der Waals surface area contributed by atoms with E-state index in [1.165, 1.54) is 77.4 Å². The van der Waals surface area contributed by atoms with Crippen molar-refractivity contribution < 1.29 is 0 Å². The normalized spacial score (nSPS) is 25.5. The molecule has 1 heterocycles. The molecule has 120 valence electrons. The van der Waals surface area contributed by atoms with Crippen LogP contribution in [0.5, 0.6) is 0 Å². The van der Waals surface area contributed by atoms with Crippen LogP contribution in [-0.4, -0.2) is 24.5 Å². The van der Waals surface area contributed by atoms with Crippen molar-refractivity contribution in [2.24, 2.45) is 5.92 Å². The van der Waals surface area contributed by atoms with E-state index in [-0.39, 0.29) is 0 Å². The molecule has 3 aliphatic rings. The first-order chi connectivity index (χ1) is 10.8. The molecule has 1 spiro atoms. The standard InChI is InChI=1S/C20H28ClN/c21-18-7-6-17-8-9-20(19(17)14-18)10-12-22(13-11-20)15-16-4-2-1-3-5-16/h6-7,14,16H,1-5,8-13,15H2. The van der Waals surface area contributed by atoms with Gasteiger partial charge in [0.05, 0.1) is 0 Å². The third-order valence-corrected chi connectivity index (χ3v) is 6.81. The summed E-state index contributed by atoms with van der Waals surface area (Å²) < 4.78 is 0. The maximum Gasteiger partial charge on any atom is 0.0409 e. The third kappa shape index (κ3) is 2.83. The molecule has 1 aliphatic heterocycles. The Bertz CT molecular complexity index is 525. The molecule has 2 fully saturated rings. The first-order valence-electron chi connectivity index (χ1n) is 9.26. The van der Waals surface area contributed by atoms with Gasteiger partial charge in [-0.1, -0.05) is 36.9 Å². The lowest BCUT2D eigenvalue weighted by Gasteiger charge is -2.41. The number of nitrogens with zero attached hydrogens (tertiary/aromatic N) is 1. The number of halogens is 1. The number of hydrogen-bond donors (Lipinski definition) is 0. The molecule has 0 aromatic heterocycles. The van der Waals surface area contributed by atoms with Gasteiger partial charge in [0.1, 0.15) is 0 Å². The molecule has 4 rings (SSSR count). The van der Waals surface area contributed by atoms with E-state index >= 15 is 0 Å². The molecule has 0 radical (unpaired) electrons. The largest absolute Gasteiger partial charge is 0.303 e. The molecule has 0 N–H and O–H groups in total. The lowest BCUT2D eigenvalue weighted by Crippen LogP contribution is -2.43. The van der Waals surface area contributed by atoms with E-state index in [2.05, 4.69) is 23.1 Å². The van der Waals surface area contributed by atoms with Gasteiger partial charge in [-0.3, -0.25) is 0 Å². The zero-order chi connectivity index (χ0) is 15.0. The van der Waals surface area contributed by atoms with Crippen LogP contribution in [0.2, 0.25) is 5.02 Å². The highest BCUT2D eigenvalue weighted by atomic mass is 35.5. The molecule has 0 atom stereocenters. The Kier molecular flexibility index (Phi) is 4.21. The van der Waals surface area contributed by atoms with Crippen molar-refractivity contribution in [2.75, 3.05) is 19.6 Å². The van der Waals surface area contributed by atoms with Gasteiger partial charge in [0.2, 0.25) is 0 Å². The maximum absolute atomic E-state index is 6.27. The molecule has 0 unspecified atom stereocenters. The summed E-state index contributed by atoms with van der Waals surface area (Å²) in [4.78, 5) is 2.75. The van der Waals surface area contributed by atoms with Crippen LogP contribution >= 0.6 is 11.6 Å². The van der Waals surface area contributed by atoms with Crippen molar-refractivity contribution in [3.05, 3.63) is 34.3 Å². The first kappa shape index (κ1) is 15.0. The molecular weight excluding hydrogens is 290 g/mol. The van der Waals surface area contributed by atoms with Gasteiger partial charge >= 0.3 is 0 Å². The first-order valence-corrected chi connectivity index (χ1v) is 9.64. The molecule has 0 bridgehead atoms. The number of likely N-dealkylation sites (tertiary alicyclic amines) is 1. The molecule has 1 aromatic rings. The molecule has 2 aliphatic carbocycles. The predicted molar refractivity (Wildman–Crippen MR) is 93.7 cm³/mol. The Hall–Kier alpha value is -0.530. The van der Waals surface area contributed by atoms with Gasteiger partial charge in [-0.15, -0.1) is 0 Å². The van der Waals surface area contributed by atoms with E-state index in [0.29, 0.717) is 5.41 Å². The van der Waals surface area contributed by atoms with Crippen molar-refractivity contribution in [3.63, 3.8) is 0 Å². The Morgan fingerprint density at radius 2 is 1.82 bits per heavy atom. The number of piperidine rings is 1. The van der Waals surface area contributed by atoms with Crippen LogP contribution in [-0.2, 0) is 11.8 Å². The third-order valence-electron chi connectivity index (χ3n) is 6.57. The molecule has 1 saturated carbocycles. The summed E-state index contributed by atoms with van der Waals surface area (Å²) in [7, 11) is 0. The second kappa shape index (κ2) is 6.17. The molecule has 0 amide bonds. The summed E-state index contributed by atoms with van der Waals surface area (Å²) in [6.45, 7) is 3.95.